The number of rotatable bonds is 0. The third kappa shape index (κ3) is 1.67. The van der Waals surface area contributed by atoms with E-state index >= 15 is 0 Å². The van der Waals surface area contributed by atoms with Crippen LogP contribution in [0.4, 0.5) is 0 Å². The summed E-state index contributed by atoms with van der Waals surface area (Å²) >= 11 is 0. The molecule has 0 aromatic heterocycles. The van der Waals surface area contributed by atoms with Gasteiger partial charge in [0.05, 0.1) is 6.07 Å². The number of likely N-dealkylation sites (N-methyl/N-ethyl adjacent to an activating group) is 1. The van der Waals surface area contributed by atoms with Gasteiger partial charge in [0.15, 0.2) is 0 Å². The average molecular weight is 124 g/mol. The van der Waals surface area contributed by atoms with E-state index in [-0.39, 0.29) is 6.04 Å². The van der Waals surface area contributed by atoms with Crippen LogP contribution in [0, 0.1) is 11.3 Å². The van der Waals surface area contributed by atoms with Gasteiger partial charge in [0, 0.05) is 19.6 Å². The third-order valence-corrected chi connectivity index (χ3v) is 1.46. The standard InChI is InChI=1S/C6H10N3/c1-9-3-2-8-6(4-7)5-9/h6H,2-3,5H2,1H3. The van der Waals surface area contributed by atoms with Crippen molar-refractivity contribution < 1.29 is 0 Å². The molecule has 1 heterocycles. The molecule has 1 aliphatic heterocycles. The van der Waals surface area contributed by atoms with E-state index in [1.165, 1.54) is 0 Å². The molecule has 1 atom stereocenters. The quantitative estimate of drug-likeness (QED) is 0.434. The van der Waals surface area contributed by atoms with E-state index in [0.29, 0.717) is 0 Å². The highest BCUT2D eigenvalue weighted by Crippen LogP contribution is 1.94. The molecule has 9 heavy (non-hydrogen) atoms. The molecule has 0 bridgehead atoms. The summed E-state index contributed by atoms with van der Waals surface area (Å²) in [7, 11) is 2.01. The minimum absolute atomic E-state index is 0.0799. The van der Waals surface area contributed by atoms with Crippen molar-refractivity contribution in [2.24, 2.45) is 0 Å². The van der Waals surface area contributed by atoms with Crippen LogP contribution in [0.5, 0.6) is 0 Å². The van der Waals surface area contributed by atoms with Crippen molar-refractivity contribution in [2.75, 3.05) is 26.7 Å². The molecule has 0 saturated carbocycles. The highest BCUT2D eigenvalue weighted by molar-refractivity contribution is 4.93. The van der Waals surface area contributed by atoms with Gasteiger partial charge in [0.2, 0.25) is 0 Å². The highest BCUT2D eigenvalue weighted by atomic mass is 15.2. The molecule has 1 saturated heterocycles. The maximum Gasteiger partial charge on any atom is 0.124 e. The smallest absolute Gasteiger partial charge is 0.124 e. The van der Waals surface area contributed by atoms with Crippen LogP contribution in [0.25, 0.3) is 0 Å². The number of nitrogens with zero attached hydrogens (tertiary/aromatic N) is 3. The molecule has 0 amide bonds. The van der Waals surface area contributed by atoms with E-state index in [4.69, 9.17) is 5.26 Å². The molecule has 49 valence electrons. The fraction of sp³-hybridized carbons (Fsp3) is 0.833. The first kappa shape index (κ1) is 6.53. The van der Waals surface area contributed by atoms with Crippen LogP contribution in [-0.4, -0.2) is 37.6 Å². The molecule has 1 rings (SSSR count). The van der Waals surface area contributed by atoms with E-state index in [1.807, 2.05) is 7.05 Å². The van der Waals surface area contributed by atoms with E-state index in [2.05, 4.69) is 16.3 Å². The first-order valence-corrected chi connectivity index (χ1v) is 3.07. The summed E-state index contributed by atoms with van der Waals surface area (Å²) in [6.45, 7) is 2.61. The third-order valence-electron chi connectivity index (χ3n) is 1.46. The van der Waals surface area contributed by atoms with Gasteiger partial charge in [-0.2, -0.15) is 5.26 Å². The van der Waals surface area contributed by atoms with Crippen molar-refractivity contribution in [1.82, 2.24) is 10.2 Å². The Hall–Kier alpha value is -0.590. The second-order valence-electron chi connectivity index (χ2n) is 2.31. The van der Waals surface area contributed by atoms with Crippen molar-refractivity contribution in [3.05, 3.63) is 0 Å². The Morgan fingerprint density at radius 2 is 2.56 bits per heavy atom. The molecule has 0 aromatic rings. The summed E-state index contributed by atoms with van der Waals surface area (Å²) in [4.78, 5) is 2.13. The van der Waals surface area contributed by atoms with E-state index in [9.17, 15) is 0 Å². The Balaban J connectivity index is 2.34. The zero-order valence-corrected chi connectivity index (χ0v) is 5.54. The Morgan fingerprint density at radius 1 is 1.78 bits per heavy atom. The minimum atomic E-state index is -0.0799. The highest BCUT2D eigenvalue weighted by Gasteiger charge is 2.15. The van der Waals surface area contributed by atoms with Gasteiger partial charge in [-0.1, -0.05) is 0 Å². The van der Waals surface area contributed by atoms with Crippen LogP contribution in [0.1, 0.15) is 0 Å². The first-order valence-electron chi connectivity index (χ1n) is 3.07. The maximum absolute atomic E-state index is 8.44. The lowest BCUT2D eigenvalue weighted by molar-refractivity contribution is 0.261. The van der Waals surface area contributed by atoms with Crippen molar-refractivity contribution >= 4 is 0 Å². The summed E-state index contributed by atoms with van der Waals surface area (Å²) in [6, 6.07) is 2.05. The topological polar surface area (TPSA) is 41.1 Å². The van der Waals surface area contributed by atoms with Gasteiger partial charge in [-0.25, -0.2) is 5.32 Å². The minimum Gasteiger partial charge on any atom is -0.302 e. The average Bonchev–Trinajstić information content (AvgIpc) is 1.88. The predicted molar refractivity (Wildman–Crippen MR) is 33.9 cm³/mol. The summed E-state index contributed by atoms with van der Waals surface area (Å²) in [5.74, 6) is 0. The molecular weight excluding hydrogens is 114 g/mol. The fourth-order valence-corrected chi connectivity index (χ4v) is 0.910. The monoisotopic (exact) mass is 124 g/mol. The van der Waals surface area contributed by atoms with Gasteiger partial charge in [0.1, 0.15) is 6.04 Å². The fourth-order valence-electron chi connectivity index (χ4n) is 0.910. The first-order chi connectivity index (χ1) is 4.33. The zero-order valence-electron chi connectivity index (χ0n) is 5.54. The number of nitriles is 1. The molecule has 0 spiro atoms. The molecule has 0 aromatic carbocycles. The molecule has 3 nitrogen and oxygen atoms in total. The normalized spacial score (nSPS) is 29.6. The van der Waals surface area contributed by atoms with Gasteiger partial charge in [0.25, 0.3) is 0 Å². The molecule has 1 aliphatic rings. The maximum atomic E-state index is 8.44. The van der Waals surface area contributed by atoms with E-state index < -0.39 is 0 Å². The number of piperazine rings is 1. The van der Waals surface area contributed by atoms with Crippen molar-refractivity contribution in [3.63, 3.8) is 0 Å². The Morgan fingerprint density at radius 3 is 3.00 bits per heavy atom. The lowest BCUT2D eigenvalue weighted by Gasteiger charge is -2.24. The van der Waals surface area contributed by atoms with Crippen LogP contribution in [0.15, 0.2) is 0 Å². The molecule has 0 N–H and O–H groups in total. The van der Waals surface area contributed by atoms with Crippen LogP contribution >= 0.6 is 0 Å². The zero-order chi connectivity index (χ0) is 6.69. The van der Waals surface area contributed by atoms with Crippen molar-refractivity contribution in [1.29, 1.82) is 5.26 Å². The van der Waals surface area contributed by atoms with Gasteiger partial charge in [-0.15, -0.1) is 0 Å². The van der Waals surface area contributed by atoms with Crippen molar-refractivity contribution in [3.8, 4) is 6.07 Å². The number of hydrogen-bond donors (Lipinski definition) is 0. The van der Waals surface area contributed by atoms with Crippen LogP contribution in [-0.2, 0) is 0 Å². The van der Waals surface area contributed by atoms with Gasteiger partial charge in [-0.05, 0) is 7.05 Å². The lowest BCUT2D eigenvalue weighted by Crippen LogP contribution is -2.44. The molecular formula is C6H10N3. The Labute approximate surface area is 55.3 Å². The molecule has 1 fully saturated rings. The largest absolute Gasteiger partial charge is 0.302 e. The molecule has 1 unspecified atom stereocenters. The van der Waals surface area contributed by atoms with E-state index in [0.717, 1.165) is 19.6 Å². The summed E-state index contributed by atoms with van der Waals surface area (Å²) < 4.78 is 0. The number of hydrogen-bond acceptors (Lipinski definition) is 2. The Bertz CT molecular complexity index is 127. The summed E-state index contributed by atoms with van der Waals surface area (Å²) in [5, 5.41) is 12.5. The van der Waals surface area contributed by atoms with Crippen LogP contribution in [0.2, 0.25) is 0 Å². The SMILES string of the molecule is CN1CC[N]C(C#N)C1. The molecule has 1 radical (unpaired) electrons. The van der Waals surface area contributed by atoms with Gasteiger partial charge < -0.3 is 4.90 Å². The molecule has 0 aliphatic carbocycles. The second-order valence-corrected chi connectivity index (χ2v) is 2.31. The Kier molecular flexibility index (Phi) is 2.04. The van der Waals surface area contributed by atoms with Crippen molar-refractivity contribution in [2.45, 2.75) is 6.04 Å². The predicted octanol–water partition coefficient (Wildman–Crippen LogP) is -0.572. The van der Waals surface area contributed by atoms with E-state index in [1.54, 1.807) is 0 Å². The van der Waals surface area contributed by atoms with Crippen LogP contribution in [0.3, 0.4) is 0 Å². The summed E-state index contributed by atoms with van der Waals surface area (Å²) in [5.41, 5.74) is 0. The van der Waals surface area contributed by atoms with Crippen LogP contribution < -0.4 is 5.32 Å². The summed E-state index contributed by atoms with van der Waals surface area (Å²) in [6.07, 6.45) is 0. The lowest BCUT2D eigenvalue weighted by atomic mass is 10.2. The van der Waals surface area contributed by atoms with Gasteiger partial charge >= 0.3 is 0 Å². The van der Waals surface area contributed by atoms with Gasteiger partial charge in [-0.3, -0.25) is 0 Å². The molecule has 3 heteroatoms. The second kappa shape index (κ2) is 2.81.